The van der Waals surface area contributed by atoms with Gasteiger partial charge in [0.25, 0.3) is 5.91 Å². The summed E-state index contributed by atoms with van der Waals surface area (Å²) in [5, 5.41) is 2.97. The number of likely N-dealkylation sites (tertiary alicyclic amines) is 1. The van der Waals surface area contributed by atoms with Crippen LogP contribution in [0, 0.1) is 0 Å². The van der Waals surface area contributed by atoms with Gasteiger partial charge in [0, 0.05) is 43.1 Å². The molecule has 2 aromatic rings. The summed E-state index contributed by atoms with van der Waals surface area (Å²) in [6, 6.07) is 15.6. The Morgan fingerprint density at radius 1 is 0.929 bits per heavy atom. The fourth-order valence-electron chi connectivity index (χ4n) is 3.91. The van der Waals surface area contributed by atoms with E-state index in [4.69, 9.17) is 4.74 Å². The number of benzene rings is 2. The molecule has 0 atom stereocenters. The van der Waals surface area contributed by atoms with E-state index in [0.717, 1.165) is 50.5 Å². The summed E-state index contributed by atoms with van der Waals surface area (Å²) < 4.78 is 6.07. The number of ether oxygens (including phenoxy) is 1. The maximum Gasteiger partial charge on any atom is 0.255 e. The summed E-state index contributed by atoms with van der Waals surface area (Å²) in [5.41, 5.74) is 2.66. The van der Waals surface area contributed by atoms with Gasteiger partial charge in [0.1, 0.15) is 11.9 Å². The number of nitrogens with zero attached hydrogens (tertiary/aromatic N) is 2. The Bertz CT molecular complexity index is 774. The molecule has 2 aliphatic heterocycles. The van der Waals surface area contributed by atoms with Crippen molar-refractivity contribution in [2.45, 2.75) is 31.8 Å². The molecule has 0 radical (unpaired) electrons. The highest BCUT2D eigenvalue weighted by Gasteiger charge is 2.18. The Balaban J connectivity index is 1.31. The van der Waals surface area contributed by atoms with Crippen LogP contribution in [0.3, 0.4) is 0 Å². The standard InChI is InChI=1S/C23H29N3O2/c1-25-16-12-22(13-17-25)28-21-10-6-19(7-11-21)24-23(27)18-4-8-20(9-5-18)26-14-2-3-15-26/h4-11,22H,2-3,12-17H2,1H3,(H,24,27). The Kier molecular flexibility index (Phi) is 5.81. The van der Waals surface area contributed by atoms with Crippen molar-refractivity contribution in [1.82, 2.24) is 4.90 Å². The molecule has 0 bridgehead atoms. The number of rotatable bonds is 5. The summed E-state index contributed by atoms with van der Waals surface area (Å²) in [5.74, 6) is 0.777. The van der Waals surface area contributed by atoms with Crippen molar-refractivity contribution in [3.63, 3.8) is 0 Å². The lowest BCUT2D eigenvalue weighted by atomic mass is 10.1. The van der Waals surface area contributed by atoms with E-state index in [1.54, 1.807) is 0 Å². The van der Waals surface area contributed by atoms with Crippen LogP contribution in [0.1, 0.15) is 36.0 Å². The minimum atomic E-state index is -0.0861. The third kappa shape index (κ3) is 4.65. The van der Waals surface area contributed by atoms with E-state index in [-0.39, 0.29) is 12.0 Å². The Morgan fingerprint density at radius 2 is 1.57 bits per heavy atom. The summed E-state index contributed by atoms with van der Waals surface area (Å²) in [4.78, 5) is 17.2. The maximum absolute atomic E-state index is 12.5. The Morgan fingerprint density at radius 3 is 2.21 bits per heavy atom. The van der Waals surface area contributed by atoms with Gasteiger partial charge in [-0.15, -0.1) is 0 Å². The molecule has 28 heavy (non-hydrogen) atoms. The van der Waals surface area contributed by atoms with Crippen LogP contribution in [0.4, 0.5) is 11.4 Å². The fraction of sp³-hybridized carbons (Fsp3) is 0.435. The second-order valence-electron chi connectivity index (χ2n) is 7.84. The van der Waals surface area contributed by atoms with Crippen LogP contribution in [0.5, 0.6) is 5.75 Å². The lowest BCUT2D eigenvalue weighted by Crippen LogP contribution is -2.35. The zero-order valence-corrected chi connectivity index (χ0v) is 16.6. The zero-order valence-electron chi connectivity index (χ0n) is 16.6. The molecule has 1 N–H and O–H groups in total. The zero-order chi connectivity index (χ0) is 19.3. The molecule has 0 aromatic heterocycles. The van der Waals surface area contributed by atoms with Gasteiger partial charge in [0.2, 0.25) is 0 Å². The molecule has 4 rings (SSSR count). The van der Waals surface area contributed by atoms with Crippen LogP contribution in [-0.2, 0) is 0 Å². The van der Waals surface area contributed by atoms with E-state index in [1.807, 2.05) is 48.5 Å². The van der Waals surface area contributed by atoms with Gasteiger partial charge in [-0.05, 0) is 81.3 Å². The van der Waals surface area contributed by atoms with Crippen LogP contribution in [0.25, 0.3) is 0 Å². The van der Waals surface area contributed by atoms with E-state index >= 15 is 0 Å². The van der Waals surface area contributed by atoms with Crippen molar-refractivity contribution in [2.24, 2.45) is 0 Å². The first kappa shape index (κ1) is 18.8. The molecule has 2 fully saturated rings. The molecule has 0 saturated carbocycles. The molecule has 2 heterocycles. The highest BCUT2D eigenvalue weighted by molar-refractivity contribution is 6.04. The smallest absolute Gasteiger partial charge is 0.255 e. The molecular weight excluding hydrogens is 350 g/mol. The number of anilines is 2. The van der Waals surface area contributed by atoms with E-state index in [1.165, 1.54) is 18.5 Å². The Labute approximate surface area is 167 Å². The van der Waals surface area contributed by atoms with Gasteiger partial charge < -0.3 is 19.9 Å². The SMILES string of the molecule is CN1CCC(Oc2ccc(NC(=O)c3ccc(N4CCCC4)cc3)cc2)CC1. The fourth-order valence-corrected chi connectivity index (χ4v) is 3.91. The first-order chi connectivity index (χ1) is 13.7. The monoisotopic (exact) mass is 379 g/mol. The molecule has 5 heteroatoms. The first-order valence-electron chi connectivity index (χ1n) is 10.3. The van der Waals surface area contributed by atoms with Crippen molar-refractivity contribution in [3.8, 4) is 5.75 Å². The number of carbonyl (C=O) groups excluding carboxylic acids is 1. The molecule has 2 saturated heterocycles. The molecule has 2 aromatic carbocycles. The lowest BCUT2D eigenvalue weighted by Gasteiger charge is -2.29. The summed E-state index contributed by atoms with van der Waals surface area (Å²) in [6.07, 6.45) is 4.90. The van der Waals surface area contributed by atoms with Crippen LogP contribution in [0.15, 0.2) is 48.5 Å². The van der Waals surface area contributed by atoms with Gasteiger partial charge in [-0.25, -0.2) is 0 Å². The molecule has 0 aliphatic carbocycles. The molecule has 2 aliphatic rings. The van der Waals surface area contributed by atoms with Crippen LogP contribution in [-0.4, -0.2) is 50.1 Å². The maximum atomic E-state index is 12.5. The number of hydrogen-bond acceptors (Lipinski definition) is 4. The average molecular weight is 380 g/mol. The minimum absolute atomic E-state index is 0.0861. The second-order valence-corrected chi connectivity index (χ2v) is 7.84. The van der Waals surface area contributed by atoms with E-state index < -0.39 is 0 Å². The third-order valence-corrected chi connectivity index (χ3v) is 5.68. The van der Waals surface area contributed by atoms with Gasteiger partial charge in [-0.3, -0.25) is 4.79 Å². The largest absolute Gasteiger partial charge is 0.490 e. The number of carbonyl (C=O) groups is 1. The second kappa shape index (κ2) is 8.65. The minimum Gasteiger partial charge on any atom is -0.490 e. The summed E-state index contributed by atoms with van der Waals surface area (Å²) in [7, 11) is 2.15. The predicted octanol–water partition coefficient (Wildman–Crippen LogP) is 4.01. The topological polar surface area (TPSA) is 44.8 Å². The average Bonchev–Trinajstić information content (AvgIpc) is 3.26. The quantitative estimate of drug-likeness (QED) is 0.852. The van der Waals surface area contributed by atoms with Crippen molar-refractivity contribution < 1.29 is 9.53 Å². The number of amides is 1. The molecule has 148 valence electrons. The van der Waals surface area contributed by atoms with Gasteiger partial charge in [0.05, 0.1) is 0 Å². The molecular formula is C23H29N3O2. The van der Waals surface area contributed by atoms with E-state index in [9.17, 15) is 4.79 Å². The normalized spacial score (nSPS) is 18.2. The molecule has 0 unspecified atom stereocenters. The molecule has 5 nitrogen and oxygen atoms in total. The van der Waals surface area contributed by atoms with Crippen LogP contribution in [0.2, 0.25) is 0 Å². The summed E-state index contributed by atoms with van der Waals surface area (Å²) in [6.45, 7) is 4.37. The van der Waals surface area contributed by atoms with Crippen molar-refractivity contribution in [1.29, 1.82) is 0 Å². The first-order valence-corrected chi connectivity index (χ1v) is 10.3. The van der Waals surface area contributed by atoms with Gasteiger partial charge in [-0.2, -0.15) is 0 Å². The van der Waals surface area contributed by atoms with Crippen molar-refractivity contribution in [2.75, 3.05) is 43.4 Å². The third-order valence-electron chi connectivity index (χ3n) is 5.68. The number of nitrogens with one attached hydrogen (secondary N) is 1. The number of hydrogen-bond donors (Lipinski definition) is 1. The molecule has 1 amide bonds. The van der Waals surface area contributed by atoms with Crippen molar-refractivity contribution in [3.05, 3.63) is 54.1 Å². The van der Waals surface area contributed by atoms with Gasteiger partial charge in [-0.1, -0.05) is 0 Å². The lowest BCUT2D eigenvalue weighted by molar-refractivity contribution is 0.102. The highest BCUT2D eigenvalue weighted by Crippen LogP contribution is 2.23. The van der Waals surface area contributed by atoms with Crippen molar-refractivity contribution >= 4 is 17.3 Å². The van der Waals surface area contributed by atoms with E-state index in [0.29, 0.717) is 5.56 Å². The predicted molar refractivity (Wildman–Crippen MR) is 113 cm³/mol. The van der Waals surface area contributed by atoms with Gasteiger partial charge in [0.15, 0.2) is 0 Å². The molecule has 0 spiro atoms. The van der Waals surface area contributed by atoms with E-state index in [2.05, 4.69) is 22.2 Å². The Hall–Kier alpha value is -2.53. The van der Waals surface area contributed by atoms with Crippen LogP contribution >= 0.6 is 0 Å². The number of piperidine rings is 1. The highest BCUT2D eigenvalue weighted by atomic mass is 16.5. The van der Waals surface area contributed by atoms with Crippen LogP contribution < -0.4 is 15.0 Å². The summed E-state index contributed by atoms with van der Waals surface area (Å²) >= 11 is 0. The van der Waals surface area contributed by atoms with Gasteiger partial charge >= 0.3 is 0 Å².